The third-order valence-corrected chi connectivity index (χ3v) is 3.87. The van der Waals surface area contributed by atoms with Gasteiger partial charge in [-0.05, 0) is 49.4 Å². The molecule has 0 aliphatic carbocycles. The molecule has 2 aromatic carbocycles. The van der Waals surface area contributed by atoms with Gasteiger partial charge in [-0.2, -0.15) is 0 Å². The molecule has 0 saturated heterocycles. The Balaban J connectivity index is 1.68. The lowest BCUT2D eigenvalue weighted by molar-refractivity contribution is 0.102. The SMILES string of the molecule is Cc1cccc(C(=O)Nc2ccc(Nc3cc(Cl)cc(Cl)c3)nc2)c1. The lowest BCUT2D eigenvalue weighted by Crippen LogP contribution is -2.12. The molecule has 4 nitrogen and oxygen atoms in total. The van der Waals surface area contributed by atoms with Gasteiger partial charge in [0.1, 0.15) is 5.82 Å². The molecule has 0 unspecified atom stereocenters. The van der Waals surface area contributed by atoms with Crippen molar-refractivity contribution in [3.8, 4) is 0 Å². The van der Waals surface area contributed by atoms with Crippen molar-refractivity contribution in [1.29, 1.82) is 0 Å². The summed E-state index contributed by atoms with van der Waals surface area (Å²) in [6.07, 6.45) is 1.59. The molecule has 1 amide bonds. The number of nitrogens with one attached hydrogen (secondary N) is 2. The van der Waals surface area contributed by atoms with E-state index in [0.717, 1.165) is 11.3 Å². The van der Waals surface area contributed by atoms with Crippen molar-refractivity contribution in [2.24, 2.45) is 0 Å². The maximum atomic E-state index is 12.2. The summed E-state index contributed by atoms with van der Waals surface area (Å²) in [7, 11) is 0. The Kier molecular flexibility index (Phi) is 5.22. The average molecular weight is 372 g/mol. The van der Waals surface area contributed by atoms with Crippen LogP contribution in [-0.4, -0.2) is 10.9 Å². The summed E-state index contributed by atoms with van der Waals surface area (Å²) >= 11 is 12.0. The summed E-state index contributed by atoms with van der Waals surface area (Å²) in [6.45, 7) is 1.95. The molecule has 2 N–H and O–H groups in total. The van der Waals surface area contributed by atoms with Crippen LogP contribution in [0.1, 0.15) is 15.9 Å². The molecule has 1 aromatic heterocycles. The third kappa shape index (κ3) is 4.72. The second kappa shape index (κ2) is 7.55. The van der Waals surface area contributed by atoms with Crippen LogP contribution in [0.3, 0.4) is 0 Å². The van der Waals surface area contributed by atoms with E-state index < -0.39 is 0 Å². The quantitative estimate of drug-likeness (QED) is 0.618. The molecule has 0 spiro atoms. The topological polar surface area (TPSA) is 54.0 Å². The number of hydrogen-bond donors (Lipinski definition) is 2. The fourth-order valence-electron chi connectivity index (χ4n) is 2.31. The zero-order chi connectivity index (χ0) is 17.8. The zero-order valence-electron chi connectivity index (χ0n) is 13.4. The highest BCUT2D eigenvalue weighted by Crippen LogP contribution is 2.25. The molecule has 0 aliphatic heterocycles. The lowest BCUT2D eigenvalue weighted by atomic mass is 10.1. The average Bonchev–Trinajstić information content (AvgIpc) is 2.56. The molecule has 25 heavy (non-hydrogen) atoms. The Morgan fingerprint density at radius 2 is 1.72 bits per heavy atom. The monoisotopic (exact) mass is 371 g/mol. The Bertz CT molecular complexity index is 891. The predicted molar refractivity (Wildman–Crippen MR) is 103 cm³/mol. The largest absolute Gasteiger partial charge is 0.340 e. The highest BCUT2D eigenvalue weighted by molar-refractivity contribution is 6.35. The van der Waals surface area contributed by atoms with Crippen molar-refractivity contribution >= 4 is 46.3 Å². The molecule has 0 aliphatic rings. The molecule has 3 aromatic rings. The summed E-state index contributed by atoms with van der Waals surface area (Å²) < 4.78 is 0. The second-order valence-electron chi connectivity index (χ2n) is 5.54. The number of pyridine rings is 1. The van der Waals surface area contributed by atoms with E-state index in [-0.39, 0.29) is 5.91 Å². The minimum Gasteiger partial charge on any atom is -0.340 e. The Morgan fingerprint density at radius 3 is 2.36 bits per heavy atom. The molecule has 0 saturated carbocycles. The van der Waals surface area contributed by atoms with Gasteiger partial charge in [0.15, 0.2) is 0 Å². The van der Waals surface area contributed by atoms with E-state index in [1.807, 2.05) is 25.1 Å². The predicted octanol–water partition coefficient (Wildman–Crippen LogP) is 5.69. The lowest BCUT2D eigenvalue weighted by Gasteiger charge is -2.09. The molecular formula is C19H15Cl2N3O. The van der Waals surface area contributed by atoms with Gasteiger partial charge in [-0.25, -0.2) is 4.98 Å². The van der Waals surface area contributed by atoms with Gasteiger partial charge in [0, 0.05) is 21.3 Å². The Labute approximate surface area is 155 Å². The van der Waals surface area contributed by atoms with Gasteiger partial charge < -0.3 is 10.6 Å². The molecule has 0 fully saturated rings. The number of nitrogens with zero attached hydrogens (tertiary/aromatic N) is 1. The van der Waals surface area contributed by atoms with Crippen LogP contribution in [0.25, 0.3) is 0 Å². The van der Waals surface area contributed by atoms with Gasteiger partial charge in [0.2, 0.25) is 0 Å². The van der Waals surface area contributed by atoms with Crippen molar-refractivity contribution in [3.63, 3.8) is 0 Å². The number of aryl methyl sites for hydroxylation is 1. The molecule has 126 valence electrons. The summed E-state index contributed by atoms with van der Waals surface area (Å²) in [6, 6.07) is 16.1. The Morgan fingerprint density at radius 1 is 0.960 bits per heavy atom. The third-order valence-electron chi connectivity index (χ3n) is 3.44. The maximum absolute atomic E-state index is 12.2. The molecule has 0 radical (unpaired) electrons. The molecule has 0 atom stereocenters. The molecular weight excluding hydrogens is 357 g/mol. The molecule has 6 heteroatoms. The van der Waals surface area contributed by atoms with E-state index in [1.165, 1.54) is 0 Å². The number of carbonyl (C=O) groups excluding carboxylic acids is 1. The van der Waals surface area contributed by atoms with E-state index in [4.69, 9.17) is 23.2 Å². The van der Waals surface area contributed by atoms with Crippen LogP contribution in [0.5, 0.6) is 0 Å². The van der Waals surface area contributed by atoms with E-state index in [1.54, 1.807) is 42.6 Å². The van der Waals surface area contributed by atoms with Crippen molar-refractivity contribution in [3.05, 3.63) is 82.0 Å². The van der Waals surface area contributed by atoms with Gasteiger partial charge >= 0.3 is 0 Å². The van der Waals surface area contributed by atoms with Gasteiger partial charge in [-0.3, -0.25) is 4.79 Å². The van der Waals surface area contributed by atoms with Gasteiger partial charge in [-0.15, -0.1) is 0 Å². The molecule has 1 heterocycles. The van der Waals surface area contributed by atoms with Crippen LogP contribution >= 0.6 is 23.2 Å². The maximum Gasteiger partial charge on any atom is 0.255 e. The van der Waals surface area contributed by atoms with E-state index in [9.17, 15) is 4.79 Å². The number of hydrogen-bond acceptors (Lipinski definition) is 3. The number of rotatable bonds is 4. The number of anilines is 3. The first-order chi connectivity index (χ1) is 12.0. The second-order valence-corrected chi connectivity index (χ2v) is 6.41. The van der Waals surface area contributed by atoms with Crippen molar-refractivity contribution in [1.82, 2.24) is 4.98 Å². The summed E-state index contributed by atoms with van der Waals surface area (Å²) in [5, 5.41) is 7.01. The summed E-state index contributed by atoms with van der Waals surface area (Å²) in [4.78, 5) is 16.5. The number of benzene rings is 2. The highest BCUT2D eigenvalue weighted by atomic mass is 35.5. The first-order valence-electron chi connectivity index (χ1n) is 7.57. The number of halogens is 2. The number of aromatic nitrogens is 1. The van der Waals surface area contributed by atoms with Crippen LogP contribution in [-0.2, 0) is 0 Å². The van der Waals surface area contributed by atoms with Crippen LogP contribution in [0.15, 0.2) is 60.8 Å². The van der Waals surface area contributed by atoms with Crippen LogP contribution in [0.4, 0.5) is 17.2 Å². The minimum absolute atomic E-state index is 0.173. The van der Waals surface area contributed by atoms with Gasteiger partial charge in [0.25, 0.3) is 5.91 Å². The first-order valence-corrected chi connectivity index (χ1v) is 8.32. The molecule has 3 rings (SSSR count). The number of amides is 1. The fourth-order valence-corrected chi connectivity index (χ4v) is 2.83. The van der Waals surface area contributed by atoms with Crippen LogP contribution in [0.2, 0.25) is 10.0 Å². The summed E-state index contributed by atoms with van der Waals surface area (Å²) in [5.41, 5.74) is 2.99. The van der Waals surface area contributed by atoms with Crippen LogP contribution in [0, 0.1) is 6.92 Å². The smallest absolute Gasteiger partial charge is 0.255 e. The van der Waals surface area contributed by atoms with E-state index in [2.05, 4.69) is 15.6 Å². The van der Waals surface area contributed by atoms with Gasteiger partial charge in [-0.1, -0.05) is 40.9 Å². The highest BCUT2D eigenvalue weighted by Gasteiger charge is 2.07. The van der Waals surface area contributed by atoms with Crippen LogP contribution < -0.4 is 10.6 Å². The molecule has 0 bridgehead atoms. The fraction of sp³-hybridized carbons (Fsp3) is 0.0526. The van der Waals surface area contributed by atoms with Crippen molar-refractivity contribution < 1.29 is 4.79 Å². The number of carbonyl (C=O) groups is 1. The summed E-state index contributed by atoms with van der Waals surface area (Å²) in [5.74, 6) is 0.444. The zero-order valence-corrected chi connectivity index (χ0v) is 14.9. The minimum atomic E-state index is -0.173. The Hall–Kier alpha value is -2.56. The van der Waals surface area contributed by atoms with E-state index in [0.29, 0.717) is 27.1 Å². The normalized spacial score (nSPS) is 10.4. The standard InChI is InChI=1S/C19H15Cl2N3O/c1-12-3-2-4-13(7-12)19(25)24-16-5-6-18(22-11-16)23-17-9-14(20)8-15(21)10-17/h2-11H,1H3,(H,22,23)(H,24,25). The van der Waals surface area contributed by atoms with Crippen molar-refractivity contribution in [2.75, 3.05) is 10.6 Å². The van der Waals surface area contributed by atoms with E-state index >= 15 is 0 Å². The van der Waals surface area contributed by atoms with Gasteiger partial charge in [0.05, 0.1) is 11.9 Å². The van der Waals surface area contributed by atoms with Crippen molar-refractivity contribution in [2.45, 2.75) is 6.92 Å². The first kappa shape index (κ1) is 17.3.